The molecule has 0 unspecified atom stereocenters. The largest absolute Gasteiger partial charge is 0.311 e. The lowest BCUT2D eigenvalue weighted by Gasteiger charge is -2.29. The lowest BCUT2D eigenvalue weighted by atomic mass is 10.0. The predicted octanol–water partition coefficient (Wildman–Crippen LogP) is 0.932. The number of rotatable bonds is 3. The Balaban J connectivity index is 1.43. The normalized spacial score (nSPS) is 20.4. The number of fused-ring (bicyclic) bond motifs is 2. The average molecular weight is 427 g/mol. The molecule has 1 atom stereocenters. The summed E-state index contributed by atoms with van der Waals surface area (Å²) in [5.74, 6) is -0.0526. The topological polar surface area (TPSA) is 107 Å². The highest BCUT2D eigenvalue weighted by Crippen LogP contribution is 2.27. The van der Waals surface area contributed by atoms with Gasteiger partial charge in [-0.1, -0.05) is 18.2 Å². The summed E-state index contributed by atoms with van der Waals surface area (Å²) in [6, 6.07) is 7.49. The van der Waals surface area contributed by atoms with Crippen LogP contribution in [0.3, 0.4) is 0 Å². The van der Waals surface area contributed by atoms with Crippen LogP contribution in [0.15, 0.2) is 41.6 Å². The molecule has 0 radical (unpaired) electrons. The predicted molar refractivity (Wildman–Crippen MR) is 111 cm³/mol. The summed E-state index contributed by atoms with van der Waals surface area (Å²) in [7, 11) is -3.08. The van der Waals surface area contributed by atoms with Gasteiger partial charge in [0.2, 0.25) is 5.91 Å². The zero-order chi connectivity index (χ0) is 20.9. The molecule has 2 aromatic heterocycles. The minimum atomic E-state index is -3.08. The van der Waals surface area contributed by atoms with Gasteiger partial charge < -0.3 is 4.90 Å². The number of para-hydroxylation sites is 1. The van der Waals surface area contributed by atoms with Gasteiger partial charge in [-0.2, -0.15) is 5.10 Å². The van der Waals surface area contributed by atoms with Gasteiger partial charge in [0.05, 0.1) is 23.7 Å². The van der Waals surface area contributed by atoms with Crippen molar-refractivity contribution in [1.82, 2.24) is 19.3 Å². The molecule has 2 aliphatic rings. The van der Waals surface area contributed by atoms with E-state index >= 15 is 0 Å². The Morgan fingerprint density at radius 2 is 2.07 bits per heavy atom. The Labute approximate surface area is 172 Å². The molecular formula is C20H21N5O4S. The quantitative estimate of drug-likeness (QED) is 0.616. The van der Waals surface area contributed by atoms with Crippen LogP contribution in [0.5, 0.6) is 0 Å². The SMILES string of the molecule is O=C(Cn1cnc2c(cnn2[C@H]2CCS(=O)(=O)C2)c1=O)N1CCCc2ccccc21. The highest BCUT2D eigenvalue weighted by Gasteiger charge is 2.31. The molecule has 0 aliphatic carbocycles. The molecule has 2 aliphatic heterocycles. The fraction of sp³-hybridized carbons (Fsp3) is 0.400. The first-order valence-electron chi connectivity index (χ1n) is 9.94. The van der Waals surface area contributed by atoms with E-state index in [-0.39, 0.29) is 40.9 Å². The molecular weight excluding hydrogens is 406 g/mol. The van der Waals surface area contributed by atoms with Crippen molar-refractivity contribution in [2.24, 2.45) is 0 Å². The van der Waals surface area contributed by atoms with Crippen molar-refractivity contribution in [3.05, 3.63) is 52.7 Å². The standard InChI is InChI=1S/C20H21N5O4S/c26-18(24-8-3-5-14-4-1-2-6-17(14)24)11-23-13-21-19-16(20(23)27)10-22-25(19)15-7-9-30(28,29)12-15/h1-2,4,6,10,13,15H,3,5,7-9,11-12H2/t15-/m0/s1. The second kappa shape index (κ2) is 7.05. The Morgan fingerprint density at radius 1 is 1.23 bits per heavy atom. The highest BCUT2D eigenvalue weighted by atomic mass is 32.2. The zero-order valence-electron chi connectivity index (χ0n) is 16.3. The monoisotopic (exact) mass is 427 g/mol. The van der Waals surface area contributed by atoms with E-state index in [1.807, 2.05) is 24.3 Å². The third-order valence-electron chi connectivity index (χ3n) is 5.85. The van der Waals surface area contributed by atoms with Crippen LogP contribution in [0.4, 0.5) is 5.69 Å². The minimum Gasteiger partial charge on any atom is -0.311 e. The van der Waals surface area contributed by atoms with Gasteiger partial charge >= 0.3 is 0 Å². The van der Waals surface area contributed by atoms with Gasteiger partial charge in [-0.25, -0.2) is 18.1 Å². The van der Waals surface area contributed by atoms with Crippen LogP contribution in [0.2, 0.25) is 0 Å². The zero-order valence-corrected chi connectivity index (χ0v) is 17.1. The van der Waals surface area contributed by atoms with Crippen molar-refractivity contribution < 1.29 is 13.2 Å². The molecule has 1 saturated heterocycles. The number of hydrogen-bond donors (Lipinski definition) is 0. The molecule has 1 amide bonds. The van der Waals surface area contributed by atoms with Crippen LogP contribution >= 0.6 is 0 Å². The Morgan fingerprint density at radius 3 is 2.87 bits per heavy atom. The Hall–Kier alpha value is -3.01. The molecule has 0 saturated carbocycles. The molecule has 0 bridgehead atoms. The number of hydrogen-bond acceptors (Lipinski definition) is 6. The summed E-state index contributed by atoms with van der Waals surface area (Å²) in [4.78, 5) is 31.9. The van der Waals surface area contributed by atoms with Crippen LogP contribution in [0.25, 0.3) is 11.0 Å². The number of amides is 1. The van der Waals surface area contributed by atoms with Crippen LogP contribution in [-0.4, -0.2) is 51.7 Å². The number of carbonyl (C=O) groups excluding carboxylic acids is 1. The lowest BCUT2D eigenvalue weighted by molar-refractivity contribution is -0.119. The van der Waals surface area contributed by atoms with Crippen molar-refractivity contribution in [2.75, 3.05) is 23.0 Å². The third-order valence-corrected chi connectivity index (χ3v) is 7.60. The van der Waals surface area contributed by atoms with Crippen molar-refractivity contribution >= 4 is 32.5 Å². The van der Waals surface area contributed by atoms with Gasteiger partial charge in [-0.15, -0.1) is 0 Å². The summed E-state index contributed by atoms with van der Waals surface area (Å²) in [5, 5.41) is 4.51. The fourth-order valence-electron chi connectivity index (χ4n) is 4.34. The molecule has 1 fully saturated rings. The van der Waals surface area contributed by atoms with E-state index < -0.39 is 9.84 Å². The summed E-state index contributed by atoms with van der Waals surface area (Å²) in [6.45, 7) is 0.507. The fourth-order valence-corrected chi connectivity index (χ4v) is 6.03. The first-order chi connectivity index (χ1) is 14.4. The summed E-state index contributed by atoms with van der Waals surface area (Å²) >= 11 is 0. The van der Waals surface area contributed by atoms with Gasteiger partial charge in [0.1, 0.15) is 18.3 Å². The molecule has 9 nitrogen and oxygen atoms in total. The summed E-state index contributed by atoms with van der Waals surface area (Å²) in [6.07, 6.45) is 5.03. The van der Waals surface area contributed by atoms with Gasteiger partial charge in [-0.05, 0) is 30.9 Å². The maximum atomic E-state index is 13.0. The van der Waals surface area contributed by atoms with Crippen LogP contribution in [0, 0.1) is 0 Å². The first kappa shape index (κ1) is 19.0. The third kappa shape index (κ3) is 3.20. The molecule has 30 heavy (non-hydrogen) atoms. The maximum absolute atomic E-state index is 13.0. The van der Waals surface area contributed by atoms with E-state index in [0.29, 0.717) is 18.6 Å². The number of carbonyl (C=O) groups is 1. The molecule has 1 aromatic carbocycles. The van der Waals surface area contributed by atoms with E-state index in [1.54, 1.807) is 4.90 Å². The van der Waals surface area contributed by atoms with Gasteiger partial charge in [0.25, 0.3) is 5.56 Å². The smallest absolute Gasteiger partial charge is 0.264 e. The number of sulfone groups is 1. The van der Waals surface area contributed by atoms with E-state index in [4.69, 9.17) is 0 Å². The maximum Gasteiger partial charge on any atom is 0.264 e. The van der Waals surface area contributed by atoms with Crippen molar-refractivity contribution in [2.45, 2.75) is 31.8 Å². The summed E-state index contributed by atoms with van der Waals surface area (Å²) < 4.78 is 26.4. The second-order valence-corrected chi connectivity index (χ2v) is 10.1. The van der Waals surface area contributed by atoms with Crippen LogP contribution in [0.1, 0.15) is 24.4 Å². The van der Waals surface area contributed by atoms with Crippen molar-refractivity contribution in [3.8, 4) is 0 Å². The molecule has 5 rings (SSSR count). The number of benzene rings is 1. The summed E-state index contributed by atoms with van der Waals surface area (Å²) in [5.41, 5.74) is 2.02. The Kier molecular flexibility index (Phi) is 4.46. The van der Waals surface area contributed by atoms with Gasteiger partial charge in [-0.3, -0.25) is 14.2 Å². The lowest BCUT2D eigenvalue weighted by Crippen LogP contribution is -2.39. The number of aromatic nitrogens is 4. The van der Waals surface area contributed by atoms with Gasteiger partial charge in [0, 0.05) is 12.2 Å². The van der Waals surface area contributed by atoms with Crippen LogP contribution in [-0.2, 0) is 27.6 Å². The number of anilines is 1. The van der Waals surface area contributed by atoms with E-state index in [9.17, 15) is 18.0 Å². The molecule has 10 heteroatoms. The van der Waals surface area contributed by atoms with E-state index in [0.717, 1.165) is 24.1 Å². The van der Waals surface area contributed by atoms with Gasteiger partial charge in [0.15, 0.2) is 15.5 Å². The molecule has 4 heterocycles. The Bertz CT molecular complexity index is 1310. The number of aryl methyl sites for hydroxylation is 1. The highest BCUT2D eigenvalue weighted by molar-refractivity contribution is 7.91. The first-order valence-corrected chi connectivity index (χ1v) is 11.8. The molecule has 0 N–H and O–H groups in total. The molecule has 0 spiro atoms. The van der Waals surface area contributed by atoms with Crippen molar-refractivity contribution in [3.63, 3.8) is 0 Å². The van der Waals surface area contributed by atoms with Crippen LogP contribution < -0.4 is 10.5 Å². The molecule has 3 aromatic rings. The van der Waals surface area contributed by atoms with E-state index in [2.05, 4.69) is 10.1 Å². The molecule has 156 valence electrons. The minimum absolute atomic E-state index is 0.00139. The van der Waals surface area contributed by atoms with E-state index in [1.165, 1.54) is 21.8 Å². The van der Waals surface area contributed by atoms with Crippen molar-refractivity contribution in [1.29, 1.82) is 0 Å². The number of nitrogens with zero attached hydrogens (tertiary/aromatic N) is 5. The average Bonchev–Trinajstić information content (AvgIpc) is 3.32. The second-order valence-electron chi connectivity index (χ2n) is 7.84.